The molecule has 0 bridgehead atoms. The SMILES string of the molecule is CC(C)(CO/C(N)=C/C=C(\O)C1=CC=C(c2nc(C(F)(F)F)cn2COCC[Si](C)(C)C)CC1)C(=O)O. The van der Waals surface area contributed by atoms with E-state index >= 15 is 0 Å². The van der Waals surface area contributed by atoms with Gasteiger partial charge in [-0.3, -0.25) is 4.79 Å². The minimum Gasteiger partial charge on any atom is -0.508 e. The van der Waals surface area contributed by atoms with Crippen LogP contribution in [0.15, 0.2) is 47.7 Å². The number of aliphatic hydroxyl groups excluding tert-OH is 1. The molecule has 1 aromatic heterocycles. The number of ether oxygens (including phenoxy) is 2. The van der Waals surface area contributed by atoms with E-state index in [1.54, 1.807) is 12.2 Å². The molecule has 2 rings (SSSR count). The molecule has 1 aliphatic rings. The lowest BCUT2D eigenvalue weighted by atomic mass is 9.95. The average Bonchev–Trinajstić information content (AvgIpc) is 3.23. The van der Waals surface area contributed by atoms with Crippen molar-refractivity contribution in [3.8, 4) is 0 Å². The summed E-state index contributed by atoms with van der Waals surface area (Å²) < 4.78 is 52.3. The van der Waals surface area contributed by atoms with Crippen molar-refractivity contribution in [2.24, 2.45) is 11.1 Å². The van der Waals surface area contributed by atoms with Gasteiger partial charge < -0.3 is 30.0 Å². The molecule has 0 saturated carbocycles. The molecular weight excluding hydrogens is 507 g/mol. The fourth-order valence-electron chi connectivity index (χ4n) is 3.13. The second-order valence-electron chi connectivity index (χ2n) is 10.7. The number of alkyl halides is 3. The van der Waals surface area contributed by atoms with Crippen molar-refractivity contribution in [1.29, 1.82) is 0 Å². The van der Waals surface area contributed by atoms with Crippen molar-refractivity contribution in [3.05, 3.63) is 59.2 Å². The molecule has 0 aromatic carbocycles. The number of rotatable bonds is 12. The number of nitrogens with two attached hydrogens (primary N) is 1. The number of halogens is 3. The quantitative estimate of drug-likeness (QED) is 0.134. The van der Waals surface area contributed by atoms with E-state index in [1.807, 2.05) is 0 Å². The molecule has 0 amide bonds. The van der Waals surface area contributed by atoms with E-state index in [0.29, 0.717) is 30.6 Å². The van der Waals surface area contributed by atoms with Crippen LogP contribution in [0.5, 0.6) is 0 Å². The second kappa shape index (κ2) is 12.0. The fraction of sp³-hybridized carbons (Fsp3) is 0.520. The normalized spacial score (nSPS) is 15.9. The summed E-state index contributed by atoms with van der Waals surface area (Å²) in [6.07, 6.45) is 2.97. The van der Waals surface area contributed by atoms with Crippen LogP contribution >= 0.6 is 0 Å². The molecule has 8 nitrogen and oxygen atoms in total. The highest BCUT2D eigenvalue weighted by atomic mass is 28.3. The topological polar surface area (TPSA) is 120 Å². The van der Waals surface area contributed by atoms with Crippen LogP contribution in [0, 0.1) is 5.41 Å². The molecule has 0 atom stereocenters. The van der Waals surface area contributed by atoms with Crippen molar-refractivity contribution in [2.75, 3.05) is 13.2 Å². The zero-order valence-electron chi connectivity index (χ0n) is 21.9. The maximum absolute atomic E-state index is 13.3. The highest BCUT2D eigenvalue weighted by Crippen LogP contribution is 2.33. The third kappa shape index (κ3) is 9.43. The van der Waals surface area contributed by atoms with Crippen LogP contribution in [0.3, 0.4) is 0 Å². The largest absolute Gasteiger partial charge is 0.508 e. The summed E-state index contributed by atoms with van der Waals surface area (Å²) in [5.74, 6) is -1.01. The molecule has 0 radical (unpaired) electrons. The predicted molar refractivity (Wildman–Crippen MR) is 137 cm³/mol. The number of carbonyl (C=O) groups is 1. The molecule has 37 heavy (non-hydrogen) atoms. The summed E-state index contributed by atoms with van der Waals surface area (Å²) in [7, 11) is -1.34. The second-order valence-corrected chi connectivity index (χ2v) is 16.4. The highest BCUT2D eigenvalue weighted by molar-refractivity contribution is 6.76. The summed E-state index contributed by atoms with van der Waals surface area (Å²) in [6, 6.07) is 0.894. The van der Waals surface area contributed by atoms with Gasteiger partial charge in [-0.25, -0.2) is 4.98 Å². The fourth-order valence-corrected chi connectivity index (χ4v) is 3.88. The summed E-state index contributed by atoms with van der Waals surface area (Å²) >= 11 is 0. The van der Waals surface area contributed by atoms with E-state index in [9.17, 15) is 23.1 Å². The monoisotopic (exact) mass is 543 g/mol. The van der Waals surface area contributed by atoms with Crippen molar-refractivity contribution >= 4 is 19.6 Å². The summed E-state index contributed by atoms with van der Waals surface area (Å²) in [6.45, 7) is 9.85. The van der Waals surface area contributed by atoms with Crippen molar-refractivity contribution < 1.29 is 37.7 Å². The van der Waals surface area contributed by atoms with Gasteiger partial charge in [0.05, 0.1) is 5.41 Å². The number of aliphatic carboxylic acids is 1. The molecular formula is C25H36F3N3O5Si. The molecule has 0 saturated heterocycles. The van der Waals surface area contributed by atoms with E-state index < -0.39 is 31.3 Å². The number of hydrogen-bond donors (Lipinski definition) is 3. The van der Waals surface area contributed by atoms with Gasteiger partial charge in [-0.1, -0.05) is 31.8 Å². The number of imidazole rings is 1. The zero-order chi connectivity index (χ0) is 28.0. The van der Waals surface area contributed by atoms with E-state index in [1.165, 1.54) is 30.6 Å². The van der Waals surface area contributed by atoms with E-state index in [0.717, 1.165) is 12.2 Å². The molecule has 12 heteroatoms. The molecule has 0 spiro atoms. The number of nitrogens with zero attached hydrogens (tertiary/aromatic N) is 2. The number of aliphatic hydroxyl groups is 1. The Morgan fingerprint density at radius 3 is 2.41 bits per heavy atom. The van der Waals surface area contributed by atoms with Gasteiger partial charge in [0.25, 0.3) is 0 Å². The Bertz CT molecular complexity index is 1100. The highest BCUT2D eigenvalue weighted by Gasteiger charge is 2.35. The Hall–Kier alpha value is -2.99. The van der Waals surface area contributed by atoms with Crippen molar-refractivity contribution in [3.63, 3.8) is 0 Å². The van der Waals surface area contributed by atoms with Crippen molar-refractivity contribution in [2.45, 2.75) is 65.3 Å². The van der Waals surface area contributed by atoms with Gasteiger partial charge in [0, 0.05) is 27.0 Å². The minimum absolute atomic E-state index is 0.0370. The lowest BCUT2D eigenvalue weighted by molar-refractivity contribution is -0.149. The molecule has 0 aliphatic heterocycles. The Kier molecular flexibility index (Phi) is 9.83. The van der Waals surface area contributed by atoms with E-state index in [-0.39, 0.29) is 30.8 Å². The van der Waals surface area contributed by atoms with Crippen LogP contribution in [0.4, 0.5) is 13.2 Å². The van der Waals surface area contributed by atoms with Crippen LogP contribution in [-0.2, 0) is 27.2 Å². The Morgan fingerprint density at radius 1 is 1.19 bits per heavy atom. The van der Waals surface area contributed by atoms with Gasteiger partial charge in [0.15, 0.2) is 11.6 Å². The molecule has 1 aliphatic carbocycles. The standard InChI is InChI=1S/C25H36F3N3O5Si/c1-24(2,23(33)34)15-36-21(29)11-10-19(32)17-6-8-18(9-7-17)22-30-20(25(26,27)28)14-31(22)16-35-12-13-37(3,4)5/h6,8,10-11,14,32H,7,9,12-13,15-16,29H2,1-5H3,(H,33,34)/b19-10-,21-11+. The molecule has 0 fully saturated rings. The number of carboxylic acid groups (broad SMARTS) is 1. The average molecular weight is 544 g/mol. The van der Waals surface area contributed by atoms with Gasteiger partial charge in [-0.2, -0.15) is 13.2 Å². The summed E-state index contributed by atoms with van der Waals surface area (Å²) in [5, 5.41) is 19.5. The van der Waals surface area contributed by atoms with Gasteiger partial charge in [-0.05, 0) is 50.0 Å². The molecule has 1 heterocycles. The molecule has 4 N–H and O–H groups in total. The van der Waals surface area contributed by atoms with Gasteiger partial charge in [0.2, 0.25) is 0 Å². The smallest absolute Gasteiger partial charge is 0.434 e. The third-order valence-corrected chi connectivity index (χ3v) is 7.35. The summed E-state index contributed by atoms with van der Waals surface area (Å²) in [5.41, 5.74) is 4.76. The Balaban J connectivity index is 2.16. The van der Waals surface area contributed by atoms with Crippen LogP contribution < -0.4 is 5.73 Å². The number of carboxylic acids is 1. The van der Waals surface area contributed by atoms with Crippen LogP contribution in [0.1, 0.15) is 38.2 Å². The number of allylic oxidation sites excluding steroid dienone is 6. The maximum Gasteiger partial charge on any atom is 0.434 e. The molecule has 0 unspecified atom stereocenters. The van der Waals surface area contributed by atoms with Gasteiger partial charge in [-0.15, -0.1) is 0 Å². The van der Waals surface area contributed by atoms with E-state index in [2.05, 4.69) is 24.6 Å². The third-order valence-electron chi connectivity index (χ3n) is 5.64. The maximum atomic E-state index is 13.3. The first-order chi connectivity index (χ1) is 17.0. The Labute approximate surface area is 216 Å². The molecule has 206 valence electrons. The van der Waals surface area contributed by atoms with Crippen LogP contribution in [0.2, 0.25) is 25.7 Å². The van der Waals surface area contributed by atoms with Crippen molar-refractivity contribution in [1.82, 2.24) is 9.55 Å². The lowest BCUT2D eigenvalue weighted by Gasteiger charge is -2.19. The lowest BCUT2D eigenvalue weighted by Crippen LogP contribution is -2.29. The number of aromatic nitrogens is 2. The van der Waals surface area contributed by atoms with Crippen LogP contribution in [0.25, 0.3) is 5.57 Å². The molecule has 1 aromatic rings. The first kappa shape index (κ1) is 30.2. The van der Waals surface area contributed by atoms with Gasteiger partial charge in [0.1, 0.15) is 24.9 Å². The Morgan fingerprint density at radius 2 is 1.86 bits per heavy atom. The zero-order valence-corrected chi connectivity index (χ0v) is 22.9. The van der Waals surface area contributed by atoms with Crippen LogP contribution in [-0.4, -0.2) is 47.0 Å². The minimum atomic E-state index is -4.58. The predicted octanol–water partition coefficient (Wildman–Crippen LogP) is 5.69. The first-order valence-electron chi connectivity index (χ1n) is 11.8. The number of hydrogen-bond acceptors (Lipinski definition) is 6. The van der Waals surface area contributed by atoms with E-state index in [4.69, 9.17) is 20.3 Å². The first-order valence-corrected chi connectivity index (χ1v) is 15.6. The summed E-state index contributed by atoms with van der Waals surface area (Å²) in [4.78, 5) is 15.0. The van der Waals surface area contributed by atoms with Gasteiger partial charge >= 0.3 is 12.1 Å².